The van der Waals surface area contributed by atoms with E-state index in [0.29, 0.717) is 12.6 Å². The van der Waals surface area contributed by atoms with Crippen LogP contribution in [0.2, 0.25) is 0 Å². The Hall–Kier alpha value is -0.490. The Morgan fingerprint density at radius 3 is 2.82 bits per heavy atom. The zero-order chi connectivity index (χ0) is 15.2. The number of nitrogens with zero attached hydrogens (tertiary/aromatic N) is 1. The van der Waals surface area contributed by atoms with Gasteiger partial charge in [0.15, 0.2) is 11.5 Å². The first-order valence-electron chi connectivity index (χ1n) is 7.59. The Kier molecular flexibility index (Phi) is 8.54. The molecule has 0 spiro atoms. The van der Waals surface area contributed by atoms with E-state index in [9.17, 15) is 0 Å². The number of ether oxygens (including phenoxy) is 2. The van der Waals surface area contributed by atoms with Crippen LogP contribution >= 0.6 is 28.3 Å². The van der Waals surface area contributed by atoms with Crippen LogP contribution in [0.4, 0.5) is 0 Å². The van der Waals surface area contributed by atoms with Crippen molar-refractivity contribution < 1.29 is 9.47 Å². The number of hydrogen-bond acceptors (Lipinski definition) is 4. The summed E-state index contributed by atoms with van der Waals surface area (Å²) < 4.78 is 12.2. The first-order chi connectivity index (χ1) is 10.1. The van der Waals surface area contributed by atoms with Gasteiger partial charge < -0.3 is 14.8 Å². The number of nitrogens with one attached hydrogen (secondary N) is 1. The Balaban J connectivity index is 0.00000242. The molecular formula is C16H26BrClN2O2. The van der Waals surface area contributed by atoms with E-state index in [-0.39, 0.29) is 12.4 Å². The van der Waals surface area contributed by atoms with Crippen LogP contribution in [0.25, 0.3) is 0 Å². The van der Waals surface area contributed by atoms with Gasteiger partial charge in [-0.1, -0.05) is 6.92 Å². The largest absolute Gasteiger partial charge is 0.493 e. The van der Waals surface area contributed by atoms with Crippen molar-refractivity contribution in [2.75, 3.05) is 33.4 Å². The molecule has 1 atom stereocenters. The summed E-state index contributed by atoms with van der Waals surface area (Å²) >= 11 is 3.61. The molecule has 1 saturated heterocycles. The zero-order valence-electron chi connectivity index (χ0n) is 13.5. The average molecular weight is 394 g/mol. The predicted molar refractivity (Wildman–Crippen MR) is 96.5 cm³/mol. The van der Waals surface area contributed by atoms with E-state index in [4.69, 9.17) is 9.47 Å². The number of benzene rings is 1. The van der Waals surface area contributed by atoms with Gasteiger partial charge in [0.25, 0.3) is 0 Å². The van der Waals surface area contributed by atoms with Gasteiger partial charge in [0.1, 0.15) is 0 Å². The summed E-state index contributed by atoms with van der Waals surface area (Å²) in [4.78, 5) is 2.47. The summed E-state index contributed by atoms with van der Waals surface area (Å²) in [6.07, 6.45) is 0.982. The van der Waals surface area contributed by atoms with Gasteiger partial charge in [-0.05, 0) is 47.0 Å². The van der Waals surface area contributed by atoms with Crippen LogP contribution in [0.15, 0.2) is 16.6 Å². The molecule has 1 aliphatic heterocycles. The fraction of sp³-hybridized carbons (Fsp3) is 0.625. The van der Waals surface area contributed by atoms with Crippen molar-refractivity contribution in [3.05, 3.63) is 22.2 Å². The van der Waals surface area contributed by atoms with E-state index in [1.54, 1.807) is 7.11 Å². The Labute approximate surface area is 148 Å². The third-order valence-electron chi connectivity index (χ3n) is 3.60. The van der Waals surface area contributed by atoms with E-state index in [0.717, 1.165) is 48.6 Å². The maximum atomic E-state index is 5.77. The molecule has 1 aromatic carbocycles. The third-order valence-corrected chi connectivity index (χ3v) is 4.19. The van der Waals surface area contributed by atoms with Crippen LogP contribution in [0.1, 0.15) is 25.8 Å². The van der Waals surface area contributed by atoms with Crippen LogP contribution in [0, 0.1) is 0 Å². The standard InChI is InChI=1S/C16H25BrN2O2.ClH/c1-4-7-21-16-14(17)8-13(9-15(16)20-3)11-19-6-5-18-12(2)10-19;/h8-9,12,18H,4-7,10-11H2,1-3H3;1H. The molecule has 0 aromatic heterocycles. The number of methoxy groups -OCH3 is 1. The van der Waals surface area contributed by atoms with E-state index in [1.165, 1.54) is 5.56 Å². The van der Waals surface area contributed by atoms with Gasteiger partial charge in [-0.2, -0.15) is 0 Å². The summed E-state index contributed by atoms with van der Waals surface area (Å²) in [5.74, 6) is 1.60. The van der Waals surface area contributed by atoms with Crippen molar-refractivity contribution >= 4 is 28.3 Å². The monoisotopic (exact) mass is 392 g/mol. The number of piperazine rings is 1. The molecule has 4 nitrogen and oxygen atoms in total. The van der Waals surface area contributed by atoms with Crippen molar-refractivity contribution in [2.45, 2.75) is 32.9 Å². The second-order valence-electron chi connectivity index (χ2n) is 5.55. The molecule has 1 N–H and O–H groups in total. The number of halogens is 2. The molecule has 1 fully saturated rings. The molecule has 1 unspecified atom stereocenters. The lowest BCUT2D eigenvalue weighted by molar-refractivity contribution is 0.199. The van der Waals surface area contributed by atoms with Gasteiger partial charge in [-0.25, -0.2) is 0 Å². The quantitative estimate of drug-likeness (QED) is 0.802. The van der Waals surface area contributed by atoms with E-state index in [2.05, 4.69) is 52.1 Å². The first-order valence-corrected chi connectivity index (χ1v) is 8.38. The second-order valence-corrected chi connectivity index (χ2v) is 6.40. The minimum absolute atomic E-state index is 0. The van der Waals surface area contributed by atoms with E-state index < -0.39 is 0 Å². The molecule has 22 heavy (non-hydrogen) atoms. The minimum atomic E-state index is 0. The number of hydrogen-bond donors (Lipinski definition) is 1. The van der Waals surface area contributed by atoms with Crippen molar-refractivity contribution in [1.82, 2.24) is 10.2 Å². The number of rotatable bonds is 6. The molecule has 126 valence electrons. The highest BCUT2D eigenvalue weighted by atomic mass is 79.9. The molecule has 6 heteroatoms. The molecule has 1 heterocycles. The van der Waals surface area contributed by atoms with Crippen molar-refractivity contribution in [3.63, 3.8) is 0 Å². The van der Waals surface area contributed by atoms with Crippen LogP contribution < -0.4 is 14.8 Å². The Morgan fingerprint density at radius 2 is 2.18 bits per heavy atom. The molecule has 1 aromatic rings. The highest BCUT2D eigenvalue weighted by molar-refractivity contribution is 9.10. The smallest absolute Gasteiger partial charge is 0.175 e. The summed E-state index contributed by atoms with van der Waals surface area (Å²) in [5, 5.41) is 3.47. The maximum absolute atomic E-state index is 5.77. The first kappa shape index (κ1) is 19.6. The van der Waals surface area contributed by atoms with Crippen molar-refractivity contribution in [2.24, 2.45) is 0 Å². The van der Waals surface area contributed by atoms with E-state index in [1.807, 2.05) is 0 Å². The summed E-state index contributed by atoms with van der Waals surface area (Å²) in [5.41, 5.74) is 1.25. The lowest BCUT2D eigenvalue weighted by atomic mass is 10.1. The average Bonchev–Trinajstić information content (AvgIpc) is 2.45. The molecule has 0 radical (unpaired) electrons. The molecule has 2 rings (SSSR count). The van der Waals surface area contributed by atoms with Crippen LogP contribution in [-0.4, -0.2) is 44.3 Å². The SMILES string of the molecule is CCCOc1c(Br)cc(CN2CCNC(C)C2)cc1OC.Cl. The topological polar surface area (TPSA) is 33.7 Å². The van der Waals surface area contributed by atoms with Gasteiger partial charge in [0, 0.05) is 32.2 Å². The highest BCUT2D eigenvalue weighted by Gasteiger charge is 2.17. The predicted octanol–water partition coefficient (Wildman–Crippen LogP) is 3.46. The lowest BCUT2D eigenvalue weighted by Crippen LogP contribution is -2.48. The fourth-order valence-electron chi connectivity index (χ4n) is 2.62. The highest BCUT2D eigenvalue weighted by Crippen LogP contribution is 2.37. The van der Waals surface area contributed by atoms with Crippen LogP contribution in [0.3, 0.4) is 0 Å². The molecule has 0 bridgehead atoms. The van der Waals surface area contributed by atoms with Gasteiger partial charge in [0.2, 0.25) is 0 Å². The van der Waals surface area contributed by atoms with Gasteiger partial charge >= 0.3 is 0 Å². The molecule has 1 aliphatic rings. The molecule has 0 aliphatic carbocycles. The Bertz CT molecular complexity index is 474. The van der Waals surface area contributed by atoms with Crippen LogP contribution in [-0.2, 0) is 6.54 Å². The van der Waals surface area contributed by atoms with Gasteiger partial charge in [-0.3, -0.25) is 4.90 Å². The molecule has 0 saturated carbocycles. The molecular weight excluding hydrogens is 368 g/mol. The van der Waals surface area contributed by atoms with Gasteiger partial charge in [-0.15, -0.1) is 12.4 Å². The minimum Gasteiger partial charge on any atom is -0.493 e. The van der Waals surface area contributed by atoms with Gasteiger partial charge in [0.05, 0.1) is 18.2 Å². The van der Waals surface area contributed by atoms with Crippen molar-refractivity contribution in [1.29, 1.82) is 0 Å². The summed E-state index contributed by atoms with van der Waals surface area (Å²) in [7, 11) is 1.69. The lowest BCUT2D eigenvalue weighted by Gasteiger charge is -2.32. The maximum Gasteiger partial charge on any atom is 0.175 e. The fourth-order valence-corrected chi connectivity index (χ4v) is 3.23. The van der Waals surface area contributed by atoms with Crippen molar-refractivity contribution in [3.8, 4) is 11.5 Å². The zero-order valence-corrected chi connectivity index (χ0v) is 15.9. The Morgan fingerprint density at radius 1 is 1.41 bits per heavy atom. The summed E-state index contributed by atoms with van der Waals surface area (Å²) in [6, 6.07) is 4.78. The summed E-state index contributed by atoms with van der Waals surface area (Å²) in [6.45, 7) is 9.17. The van der Waals surface area contributed by atoms with Crippen LogP contribution in [0.5, 0.6) is 11.5 Å². The molecule has 0 amide bonds. The normalized spacial score (nSPS) is 18.6. The van der Waals surface area contributed by atoms with E-state index >= 15 is 0 Å². The third kappa shape index (κ3) is 5.30. The second kappa shape index (κ2) is 9.60.